The van der Waals surface area contributed by atoms with Crippen molar-refractivity contribution in [3.63, 3.8) is 0 Å². The summed E-state index contributed by atoms with van der Waals surface area (Å²) in [7, 11) is 3.47. The van der Waals surface area contributed by atoms with E-state index in [-0.39, 0.29) is 0 Å². The Kier molecular flexibility index (Phi) is 4.75. The number of benzene rings is 2. The van der Waals surface area contributed by atoms with Crippen molar-refractivity contribution < 1.29 is 4.74 Å². The Balaban J connectivity index is 1.76. The van der Waals surface area contributed by atoms with Crippen LogP contribution in [0.15, 0.2) is 48.7 Å². The molecule has 8 heteroatoms. The smallest absolute Gasteiger partial charge is 0.231 e. The van der Waals surface area contributed by atoms with Crippen molar-refractivity contribution in [1.29, 1.82) is 0 Å². The molecule has 0 spiro atoms. The van der Waals surface area contributed by atoms with Gasteiger partial charge in [-0.3, -0.25) is 4.68 Å². The first-order chi connectivity index (χ1) is 13.5. The zero-order valence-corrected chi connectivity index (χ0v) is 16.4. The number of anilines is 4. The first-order valence-electron chi connectivity index (χ1n) is 8.68. The van der Waals surface area contributed by atoms with Gasteiger partial charge in [-0.15, -0.1) is 0 Å². The minimum Gasteiger partial charge on any atom is -0.495 e. The molecule has 0 saturated heterocycles. The molecule has 4 aromatic rings. The Morgan fingerprint density at radius 3 is 2.68 bits per heavy atom. The van der Waals surface area contributed by atoms with Crippen molar-refractivity contribution in [3.05, 3.63) is 59.2 Å². The number of nitrogens with zero attached hydrogens (tertiary/aromatic N) is 4. The molecule has 0 bridgehead atoms. The summed E-state index contributed by atoms with van der Waals surface area (Å²) in [4.78, 5) is 9.24. The van der Waals surface area contributed by atoms with Gasteiger partial charge in [0.05, 0.1) is 24.4 Å². The van der Waals surface area contributed by atoms with Gasteiger partial charge < -0.3 is 15.4 Å². The number of fused-ring (bicyclic) bond motifs is 1. The summed E-state index contributed by atoms with van der Waals surface area (Å²) in [6.07, 6.45) is 1.74. The van der Waals surface area contributed by atoms with E-state index in [0.717, 1.165) is 22.3 Å². The average molecular weight is 395 g/mol. The van der Waals surface area contributed by atoms with Crippen LogP contribution in [0.2, 0.25) is 5.02 Å². The fourth-order valence-corrected chi connectivity index (χ4v) is 3.03. The maximum absolute atomic E-state index is 6.26. The zero-order valence-electron chi connectivity index (χ0n) is 15.7. The lowest BCUT2D eigenvalue weighted by Crippen LogP contribution is -2.04. The lowest BCUT2D eigenvalue weighted by molar-refractivity contribution is 0.417. The van der Waals surface area contributed by atoms with Crippen molar-refractivity contribution in [3.8, 4) is 5.75 Å². The SMILES string of the molecule is COc1ccccc1Nc1nc(Nc2ccc(C)c(Cl)c2)c2cnn(C)c2n1. The van der Waals surface area contributed by atoms with Crippen molar-refractivity contribution in [2.45, 2.75) is 6.92 Å². The van der Waals surface area contributed by atoms with Gasteiger partial charge in [-0.1, -0.05) is 29.8 Å². The third kappa shape index (κ3) is 3.44. The second kappa shape index (κ2) is 7.36. The van der Waals surface area contributed by atoms with Crippen LogP contribution < -0.4 is 15.4 Å². The topological polar surface area (TPSA) is 76.9 Å². The lowest BCUT2D eigenvalue weighted by atomic mass is 10.2. The molecular weight excluding hydrogens is 376 g/mol. The average Bonchev–Trinajstić information content (AvgIpc) is 3.06. The molecule has 0 amide bonds. The number of hydrogen-bond acceptors (Lipinski definition) is 6. The molecule has 7 nitrogen and oxygen atoms in total. The molecule has 28 heavy (non-hydrogen) atoms. The highest BCUT2D eigenvalue weighted by atomic mass is 35.5. The molecule has 0 radical (unpaired) electrons. The quantitative estimate of drug-likeness (QED) is 0.505. The maximum atomic E-state index is 6.26. The fraction of sp³-hybridized carbons (Fsp3) is 0.150. The van der Waals surface area contributed by atoms with Gasteiger partial charge in [0, 0.05) is 17.8 Å². The summed E-state index contributed by atoms with van der Waals surface area (Å²) in [6, 6.07) is 13.4. The van der Waals surface area contributed by atoms with Gasteiger partial charge in [0.1, 0.15) is 11.6 Å². The van der Waals surface area contributed by atoms with E-state index in [4.69, 9.17) is 16.3 Å². The monoisotopic (exact) mass is 394 g/mol. The second-order valence-electron chi connectivity index (χ2n) is 6.32. The number of rotatable bonds is 5. The summed E-state index contributed by atoms with van der Waals surface area (Å²) >= 11 is 6.26. The number of aryl methyl sites for hydroxylation is 2. The Morgan fingerprint density at radius 1 is 1.07 bits per heavy atom. The Morgan fingerprint density at radius 2 is 1.89 bits per heavy atom. The maximum Gasteiger partial charge on any atom is 0.231 e. The predicted octanol–water partition coefficient (Wildman–Crippen LogP) is 4.82. The number of para-hydroxylation sites is 2. The molecule has 0 fully saturated rings. The third-order valence-electron chi connectivity index (χ3n) is 4.38. The van der Waals surface area contributed by atoms with E-state index in [1.54, 1.807) is 18.0 Å². The minimum atomic E-state index is 0.432. The molecule has 2 N–H and O–H groups in total. The van der Waals surface area contributed by atoms with Crippen LogP contribution >= 0.6 is 11.6 Å². The summed E-state index contributed by atoms with van der Waals surface area (Å²) in [5.41, 5.74) is 3.33. The molecule has 142 valence electrons. The lowest BCUT2D eigenvalue weighted by Gasteiger charge is -2.12. The molecule has 2 heterocycles. The molecule has 0 saturated carbocycles. The zero-order chi connectivity index (χ0) is 19.7. The summed E-state index contributed by atoms with van der Waals surface area (Å²) in [5, 5.41) is 12.4. The number of aromatic nitrogens is 4. The molecule has 0 aliphatic heterocycles. The molecule has 0 atom stereocenters. The Hall–Kier alpha value is -3.32. The molecule has 0 aliphatic rings. The predicted molar refractivity (Wildman–Crippen MR) is 112 cm³/mol. The van der Waals surface area contributed by atoms with Crippen LogP contribution in [0.25, 0.3) is 11.0 Å². The van der Waals surface area contributed by atoms with Gasteiger partial charge in [-0.05, 0) is 36.8 Å². The van der Waals surface area contributed by atoms with E-state index >= 15 is 0 Å². The molecule has 4 rings (SSSR count). The van der Waals surface area contributed by atoms with Crippen molar-refractivity contribution in [1.82, 2.24) is 19.7 Å². The summed E-state index contributed by atoms with van der Waals surface area (Å²) in [5.74, 6) is 1.77. The van der Waals surface area contributed by atoms with Gasteiger partial charge >= 0.3 is 0 Å². The van der Waals surface area contributed by atoms with E-state index in [1.807, 2.05) is 56.4 Å². The highest BCUT2D eigenvalue weighted by Gasteiger charge is 2.13. The van der Waals surface area contributed by atoms with Gasteiger partial charge in [0.25, 0.3) is 0 Å². The molecule has 2 aromatic carbocycles. The highest BCUT2D eigenvalue weighted by Crippen LogP contribution is 2.30. The van der Waals surface area contributed by atoms with E-state index in [1.165, 1.54) is 0 Å². The molecular formula is C20H19ClN6O. The molecule has 0 aliphatic carbocycles. The van der Waals surface area contributed by atoms with E-state index < -0.39 is 0 Å². The number of nitrogens with one attached hydrogen (secondary N) is 2. The van der Waals surface area contributed by atoms with E-state index in [2.05, 4.69) is 25.7 Å². The van der Waals surface area contributed by atoms with E-state index in [9.17, 15) is 0 Å². The number of methoxy groups -OCH3 is 1. The molecule has 0 unspecified atom stereocenters. The van der Waals surface area contributed by atoms with Crippen LogP contribution in [-0.4, -0.2) is 26.9 Å². The van der Waals surface area contributed by atoms with Crippen LogP contribution in [-0.2, 0) is 7.05 Å². The second-order valence-corrected chi connectivity index (χ2v) is 6.72. The largest absolute Gasteiger partial charge is 0.495 e. The minimum absolute atomic E-state index is 0.432. The van der Waals surface area contributed by atoms with Crippen molar-refractivity contribution in [2.75, 3.05) is 17.7 Å². The summed E-state index contributed by atoms with van der Waals surface area (Å²) < 4.78 is 7.10. The first-order valence-corrected chi connectivity index (χ1v) is 9.06. The number of hydrogen-bond donors (Lipinski definition) is 2. The van der Waals surface area contributed by atoms with Crippen LogP contribution in [0, 0.1) is 6.92 Å². The Bertz CT molecular complexity index is 1160. The van der Waals surface area contributed by atoms with Gasteiger partial charge in [-0.2, -0.15) is 15.1 Å². The van der Waals surface area contributed by atoms with Crippen LogP contribution in [0.3, 0.4) is 0 Å². The first kappa shape index (κ1) is 18.1. The fourth-order valence-electron chi connectivity index (χ4n) is 2.85. The summed E-state index contributed by atoms with van der Waals surface area (Å²) in [6.45, 7) is 1.96. The standard InChI is InChI=1S/C20H19ClN6O/c1-12-8-9-13(10-15(12)21)23-18-14-11-22-27(2)19(14)26-20(25-18)24-16-6-4-5-7-17(16)28-3/h4-11H,1-3H3,(H2,23,24,25,26). The number of ether oxygens (including phenoxy) is 1. The van der Waals surface area contributed by atoms with E-state index in [0.29, 0.717) is 28.2 Å². The van der Waals surface area contributed by atoms with Gasteiger partial charge in [0.15, 0.2) is 5.65 Å². The van der Waals surface area contributed by atoms with Crippen LogP contribution in [0.5, 0.6) is 5.75 Å². The third-order valence-corrected chi connectivity index (χ3v) is 4.79. The highest BCUT2D eigenvalue weighted by molar-refractivity contribution is 6.31. The normalized spacial score (nSPS) is 10.9. The van der Waals surface area contributed by atoms with Crippen molar-refractivity contribution >= 4 is 45.8 Å². The number of halogens is 1. The van der Waals surface area contributed by atoms with Crippen LogP contribution in [0.4, 0.5) is 23.1 Å². The van der Waals surface area contributed by atoms with Gasteiger partial charge in [0.2, 0.25) is 5.95 Å². The Labute approximate surface area is 167 Å². The van der Waals surface area contributed by atoms with Crippen molar-refractivity contribution in [2.24, 2.45) is 7.05 Å². The van der Waals surface area contributed by atoms with Crippen LogP contribution in [0.1, 0.15) is 5.56 Å². The van der Waals surface area contributed by atoms with Gasteiger partial charge in [-0.25, -0.2) is 0 Å². The molecule has 2 aromatic heterocycles.